The molecule has 7 nitrogen and oxygen atoms in total. The first-order chi connectivity index (χ1) is 14.7. The zero-order chi connectivity index (χ0) is 22.7. The molecule has 0 radical (unpaired) electrons. The van der Waals surface area contributed by atoms with E-state index in [2.05, 4.69) is 5.32 Å². The van der Waals surface area contributed by atoms with Gasteiger partial charge in [-0.05, 0) is 50.1 Å². The summed E-state index contributed by atoms with van der Waals surface area (Å²) in [5, 5.41) is 3.30. The molecule has 2 aromatic rings. The lowest BCUT2D eigenvalue weighted by atomic mass is 10.0. The molecule has 3 rings (SSSR count). The molecule has 31 heavy (non-hydrogen) atoms. The van der Waals surface area contributed by atoms with Crippen molar-refractivity contribution in [3.05, 3.63) is 46.5 Å². The summed E-state index contributed by atoms with van der Waals surface area (Å²) < 4.78 is 11.0. The maximum Gasteiger partial charge on any atom is 0.268 e. The number of halogens is 1. The van der Waals surface area contributed by atoms with E-state index in [1.807, 2.05) is 13.8 Å². The van der Waals surface area contributed by atoms with E-state index in [-0.39, 0.29) is 18.2 Å². The fraction of sp³-hybridized carbons (Fsp3) is 0.348. The lowest BCUT2D eigenvalue weighted by molar-refractivity contribution is -0.127. The highest BCUT2D eigenvalue weighted by atomic mass is 35.5. The van der Waals surface area contributed by atoms with Gasteiger partial charge in [0.2, 0.25) is 5.91 Å². The molecule has 8 heteroatoms. The molecule has 164 valence electrons. The molecular formula is C23H25ClN2O5. The Bertz CT molecular complexity index is 1040. The standard InChI is InChI=1S/C23H25ClN2O5/c1-5-6-19(27)15-7-8-20-18(10-15)26(23(29)14(3)31-20)12-22(28)25-17-9-13(2)16(24)11-21(17)30-4/h7-11,14H,5-6,12H2,1-4H3,(H,25,28). The maximum atomic E-state index is 12.8. The normalized spacial score (nSPS) is 15.2. The van der Waals surface area contributed by atoms with Gasteiger partial charge in [0.05, 0.1) is 18.5 Å². The Labute approximate surface area is 186 Å². The van der Waals surface area contributed by atoms with E-state index in [1.54, 1.807) is 37.3 Å². The second kappa shape index (κ2) is 9.39. The minimum atomic E-state index is -0.746. The number of aryl methyl sites for hydroxylation is 1. The number of anilines is 2. The van der Waals surface area contributed by atoms with Gasteiger partial charge < -0.3 is 14.8 Å². The van der Waals surface area contributed by atoms with E-state index in [0.717, 1.165) is 12.0 Å². The minimum absolute atomic E-state index is 0.0258. The van der Waals surface area contributed by atoms with Crippen LogP contribution in [0.2, 0.25) is 5.02 Å². The van der Waals surface area contributed by atoms with Gasteiger partial charge in [0.15, 0.2) is 11.9 Å². The van der Waals surface area contributed by atoms with Crippen molar-refractivity contribution in [3.63, 3.8) is 0 Å². The van der Waals surface area contributed by atoms with Gasteiger partial charge in [-0.15, -0.1) is 0 Å². The van der Waals surface area contributed by atoms with Crippen LogP contribution in [0.3, 0.4) is 0 Å². The van der Waals surface area contributed by atoms with Crippen molar-refractivity contribution in [3.8, 4) is 11.5 Å². The molecular weight excluding hydrogens is 420 g/mol. The third-order valence-electron chi connectivity index (χ3n) is 5.02. The number of ketones is 1. The van der Waals surface area contributed by atoms with E-state index in [4.69, 9.17) is 21.1 Å². The Morgan fingerprint density at radius 2 is 2.00 bits per heavy atom. The molecule has 0 aliphatic carbocycles. The average molecular weight is 445 g/mol. The fourth-order valence-corrected chi connectivity index (χ4v) is 3.53. The fourth-order valence-electron chi connectivity index (χ4n) is 3.38. The number of nitrogens with one attached hydrogen (secondary N) is 1. The molecule has 1 atom stereocenters. The van der Waals surface area contributed by atoms with Crippen molar-refractivity contribution >= 4 is 40.6 Å². The lowest BCUT2D eigenvalue weighted by Crippen LogP contribution is -2.47. The molecule has 2 amide bonds. The third kappa shape index (κ3) is 4.82. The number of hydrogen-bond acceptors (Lipinski definition) is 5. The Hall–Kier alpha value is -3.06. The van der Waals surface area contributed by atoms with Crippen LogP contribution in [-0.2, 0) is 9.59 Å². The van der Waals surface area contributed by atoms with Gasteiger partial charge in [0, 0.05) is 23.1 Å². The van der Waals surface area contributed by atoms with Gasteiger partial charge in [-0.25, -0.2) is 0 Å². The summed E-state index contributed by atoms with van der Waals surface area (Å²) in [5.41, 5.74) is 2.11. The summed E-state index contributed by atoms with van der Waals surface area (Å²) >= 11 is 6.12. The summed E-state index contributed by atoms with van der Waals surface area (Å²) in [6, 6.07) is 8.28. The van der Waals surface area contributed by atoms with Crippen LogP contribution in [0.4, 0.5) is 11.4 Å². The molecule has 0 spiro atoms. The topological polar surface area (TPSA) is 84.9 Å². The smallest absolute Gasteiger partial charge is 0.268 e. The van der Waals surface area contributed by atoms with Crippen LogP contribution in [0.25, 0.3) is 0 Å². The number of amides is 2. The quantitative estimate of drug-likeness (QED) is 0.640. The Kier molecular flexibility index (Phi) is 6.85. The Morgan fingerprint density at radius 1 is 1.26 bits per heavy atom. The number of ether oxygens (including phenoxy) is 2. The van der Waals surface area contributed by atoms with Crippen LogP contribution in [-0.4, -0.2) is 37.4 Å². The van der Waals surface area contributed by atoms with Crippen LogP contribution in [0, 0.1) is 6.92 Å². The van der Waals surface area contributed by atoms with E-state index < -0.39 is 12.0 Å². The average Bonchev–Trinajstić information content (AvgIpc) is 2.73. The zero-order valence-electron chi connectivity index (χ0n) is 18.0. The monoisotopic (exact) mass is 444 g/mol. The van der Waals surface area contributed by atoms with Gasteiger partial charge in [0.25, 0.3) is 5.91 Å². The summed E-state index contributed by atoms with van der Waals surface area (Å²) in [6.07, 6.45) is 0.377. The first-order valence-electron chi connectivity index (χ1n) is 10.0. The number of hydrogen-bond donors (Lipinski definition) is 1. The highest BCUT2D eigenvalue weighted by Gasteiger charge is 2.33. The van der Waals surface area contributed by atoms with Crippen molar-refractivity contribution < 1.29 is 23.9 Å². The number of rotatable bonds is 7. The molecule has 0 bridgehead atoms. The molecule has 0 fully saturated rings. The zero-order valence-corrected chi connectivity index (χ0v) is 18.7. The predicted octanol–water partition coefficient (Wildman–Crippen LogP) is 4.39. The highest BCUT2D eigenvalue weighted by Crippen LogP contribution is 2.36. The molecule has 1 aliphatic heterocycles. The van der Waals surface area contributed by atoms with Crippen LogP contribution in [0.15, 0.2) is 30.3 Å². The summed E-state index contributed by atoms with van der Waals surface area (Å²) in [4.78, 5) is 39.3. The molecule has 2 aromatic carbocycles. The van der Waals surface area contributed by atoms with Crippen molar-refractivity contribution in [1.82, 2.24) is 0 Å². The number of carbonyl (C=O) groups is 3. The highest BCUT2D eigenvalue weighted by molar-refractivity contribution is 6.31. The van der Waals surface area contributed by atoms with E-state index in [9.17, 15) is 14.4 Å². The number of methoxy groups -OCH3 is 1. The van der Waals surface area contributed by atoms with E-state index in [0.29, 0.717) is 39.9 Å². The summed E-state index contributed by atoms with van der Waals surface area (Å²) in [5.74, 6) is 0.0641. The second-order valence-electron chi connectivity index (χ2n) is 7.39. The van der Waals surface area contributed by atoms with E-state index >= 15 is 0 Å². The van der Waals surface area contributed by atoms with Crippen LogP contribution in [0.5, 0.6) is 11.5 Å². The molecule has 1 unspecified atom stereocenters. The van der Waals surface area contributed by atoms with Crippen molar-refractivity contribution in [2.45, 2.75) is 39.7 Å². The van der Waals surface area contributed by atoms with E-state index in [1.165, 1.54) is 12.0 Å². The second-order valence-corrected chi connectivity index (χ2v) is 7.80. The van der Waals surface area contributed by atoms with Crippen molar-refractivity contribution in [1.29, 1.82) is 0 Å². The van der Waals surface area contributed by atoms with Crippen molar-refractivity contribution in [2.24, 2.45) is 0 Å². The molecule has 1 heterocycles. The molecule has 0 saturated carbocycles. The largest absolute Gasteiger partial charge is 0.495 e. The molecule has 0 aromatic heterocycles. The predicted molar refractivity (Wildman–Crippen MR) is 119 cm³/mol. The lowest BCUT2D eigenvalue weighted by Gasteiger charge is -2.33. The third-order valence-corrected chi connectivity index (χ3v) is 5.43. The molecule has 0 saturated heterocycles. The molecule has 1 aliphatic rings. The van der Waals surface area contributed by atoms with Crippen LogP contribution >= 0.6 is 11.6 Å². The SMILES string of the molecule is CCCC(=O)c1ccc2c(c1)N(CC(=O)Nc1cc(C)c(Cl)cc1OC)C(=O)C(C)O2. The van der Waals surface area contributed by atoms with Gasteiger partial charge in [-0.3, -0.25) is 19.3 Å². The number of benzene rings is 2. The van der Waals surface area contributed by atoms with Crippen LogP contribution in [0.1, 0.15) is 42.6 Å². The Morgan fingerprint density at radius 3 is 2.68 bits per heavy atom. The Balaban J connectivity index is 1.88. The summed E-state index contributed by atoms with van der Waals surface area (Å²) in [7, 11) is 1.48. The van der Waals surface area contributed by atoms with Gasteiger partial charge >= 0.3 is 0 Å². The van der Waals surface area contributed by atoms with Crippen LogP contribution < -0.4 is 19.7 Å². The number of carbonyl (C=O) groups excluding carboxylic acids is 3. The maximum absolute atomic E-state index is 12.8. The van der Waals surface area contributed by atoms with Gasteiger partial charge in [-0.2, -0.15) is 0 Å². The number of Topliss-reactive ketones (excluding diaryl/α,β-unsaturated/α-hetero) is 1. The molecule has 1 N–H and O–H groups in total. The van der Waals surface area contributed by atoms with Gasteiger partial charge in [-0.1, -0.05) is 18.5 Å². The van der Waals surface area contributed by atoms with Crippen molar-refractivity contribution in [2.75, 3.05) is 23.9 Å². The first-order valence-corrected chi connectivity index (χ1v) is 10.4. The minimum Gasteiger partial charge on any atom is -0.495 e. The number of fused-ring (bicyclic) bond motifs is 1. The number of nitrogens with zero attached hydrogens (tertiary/aromatic N) is 1. The first kappa shape index (κ1) is 22.6. The van der Waals surface area contributed by atoms with Gasteiger partial charge in [0.1, 0.15) is 18.0 Å². The summed E-state index contributed by atoms with van der Waals surface area (Å²) in [6.45, 7) is 5.12.